The van der Waals surface area contributed by atoms with E-state index in [0.29, 0.717) is 37.1 Å². The summed E-state index contributed by atoms with van der Waals surface area (Å²) in [6, 6.07) is 5.04. The molecule has 0 spiro atoms. The molecule has 0 aliphatic rings. The predicted octanol–water partition coefficient (Wildman–Crippen LogP) is 4.14. The second-order valence-corrected chi connectivity index (χ2v) is 7.62. The molecule has 0 fully saturated rings. The highest BCUT2D eigenvalue weighted by atomic mass is 35.5. The van der Waals surface area contributed by atoms with Gasteiger partial charge in [-0.15, -0.1) is 16.4 Å². The van der Waals surface area contributed by atoms with Crippen LogP contribution in [0.4, 0.5) is 16.3 Å². The fourth-order valence-electron chi connectivity index (χ4n) is 2.20. The van der Waals surface area contributed by atoms with Crippen molar-refractivity contribution in [2.75, 3.05) is 11.1 Å². The molecule has 0 aliphatic carbocycles. The molecule has 136 valence electrons. The van der Waals surface area contributed by atoms with Crippen molar-refractivity contribution < 1.29 is 9.53 Å². The standard InChI is InChI=1S/C15H14Cl2N6O2S/c1-7(9-5-11(16)26-13(9)17)25-15(24)20-14-12(21-22-23(14)2)10-4-3-8(18)6-19-10/h3-7H,18H2,1-2H3,(H,20,24)/t7-/m1/s1. The lowest BCUT2D eigenvalue weighted by atomic mass is 10.2. The van der Waals surface area contributed by atoms with Crippen molar-refractivity contribution in [2.24, 2.45) is 7.05 Å². The number of amides is 1. The molecule has 3 heterocycles. The SMILES string of the molecule is C[C@@H](OC(=O)Nc1c(-c2ccc(N)cn2)nnn1C)c1cc(Cl)sc1Cl. The number of carbonyl (C=O) groups is 1. The molecule has 3 N–H and O–H groups in total. The van der Waals surface area contributed by atoms with Crippen molar-refractivity contribution >= 4 is 52.1 Å². The zero-order valence-electron chi connectivity index (χ0n) is 13.7. The van der Waals surface area contributed by atoms with Crippen LogP contribution in [0.15, 0.2) is 24.4 Å². The van der Waals surface area contributed by atoms with Crippen molar-refractivity contribution in [2.45, 2.75) is 13.0 Å². The van der Waals surface area contributed by atoms with Gasteiger partial charge >= 0.3 is 6.09 Å². The Morgan fingerprint density at radius 3 is 2.81 bits per heavy atom. The number of pyridine rings is 1. The van der Waals surface area contributed by atoms with E-state index in [2.05, 4.69) is 20.6 Å². The van der Waals surface area contributed by atoms with Crippen LogP contribution >= 0.6 is 34.5 Å². The number of nitrogens with two attached hydrogens (primary N) is 1. The number of nitrogens with zero attached hydrogens (tertiary/aromatic N) is 4. The minimum absolute atomic E-state index is 0.342. The maximum Gasteiger partial charge on any atom is 0.413 e. The van der Waals surface area contributed by atoms with E-state index < -0.39 is 12.2 Å². The molecule has 0 aromatic carbocycles. The van der Waals surface area contributed by atoms with Crippen molar-refractivity contribution in [1.29, 1.82) is 0 Å². The van der Waals surface area contributed by atoms with E-state index in [0.717, 1.165) is 0 Å². The summed E-state index contributed by atoms with van der Waals surface area (Å²) in [6.07, 6.45) is 0.236. The maximum absolute atomic E-state index is 12.3. The van der Waals surface area contributed by atoms with Gasteiger partial charge in [0.1, 0.15) is 10.4 Å². The van der Waals surface area contributed by atoms with Crippen LogP contribution in [0, 0.1) is 0 Å². The van der Waals surface area contributed by atoms with Gasteiger partial charge < -0.3 is 10.5 Å². The summed E-state index contributed by atoms with van der Waals surface area (Å²) in [5.74, 6) is 0.342. The van der Waals surface area contributed by atoms with E-state index in [9.17, 15) is 4.79 Å². The summed E-state index contributed by atoms with van der Waals surface area (Å²) in [5, 5.41) is 10.6. The number of halogens is 2. The lowest BCUT2D eigenvalue weighted by Gasteiger charge is -2.13. The highest BCUT2D eigenvalue weighted by Gasteiger charge is 2.21. The minimum atomic E-state index is -0.682. The largest absolute Gasteiger partial charge is 0.441 e. The summed E-state index contributed by atoms with van der Waals surface area (Å²) < 4.78 is 7.78. The number of carbonyl (C=O) groups excluding carboxylic acids is 1. The number of thiophene rings is 1. The molecule has 0 radical (unpaired) electrons. The van der Waals surface area contributed by atoms with Gasteiger partial charge in [-0.05, 0) is 25.1 Å². The van der Waals surface area contributed by atoms with E-state index >= 15 is 0 Å². The molecule has 3 aromatic rings. The highest BCUT2D eigenvalue weighted by Crippen LogP contribution is 2.36. The van der Waals surface area contributed by atoms with Gasteiger partial charge in [0.2, 0.25) is 0 Å². The average molecular weight is 413 g/mol. The van der Waals surface area contributed by atoms with E-state index in [4.69, 9.17) is 33.7 Å². The van der Waals surface area contributed by atoms with Crippen molar-refractivity contribution in [1.82, 2.24) is 20.0 Å². The van der Waals surface area contributed by atoms with Crippen LogP contribution in [0.1, 0.15) is 18.6 Å². The molecule has 26 heavy (non-hydrogen) atoms. The van der Waals surface area contributed by atoms with Gasteiger partial charge in [-0.25, -0.2) is 9.48 Å². The molecule has 0 saturated heterocycles. The number of rotatable bonds is 4. The zero-order valence-corrected chi connectivity index (χ0v) is 16.1. The van der Waals surface area contributed by atoms with E-state index in [-0.39, 0.29) is 0 Å². The fraction of sp³-hybridized carbons (Fsp3) is 0.200. The molecule has 0 aliphatic heterocycles. The molecule has 0 saturated carbocycles. The third-order valence-electron chi connectivity index (χ3n) is 3.48. The number of hydrogen-bond acceptors (Lipinski definition) is 7. The summed E-state index contributed by atoms with van der Waals surface area (Å²) in [5.41, 5.74) is 7.71. The van der Waals surface area contributed by atoms with Crippen LogP contribution in [0.2, 0.25) is 8.67 Å². The molecule has 3 rings (SSSR count). The molecule has 3 aromatic heterocycles. The Kier molecular flexibility index (Phi) is 5.30. The van der Waals surface area contributed by atoms with Gasteiger partial charge in [0.25, 0.3) is 0 Å². The first-order chi connectivity index (χ1) is 12.3. The maximum atomic E-state index is 12.3. The Morgan fingerprint density at radius 2 is 2.19 bits per heavy atom. The van der Waals surface area contributed by atoms with Crippen molar-refractivity contribution in [3.63, 3.8) is 0 Å². The van der Waals surface area contributed by atoms with Crippen LogP contribution in [-0.4, -0.2) is 26.1 Å². The van der Waals surface area contributed by atoms with Crippen molar-refractivity contribution in [3.8, 4) is 11.4 Å². The smallest absolute Gasteiger partial charge is 0.413 e. The fourth-order valence-corrected chi connectivity index (χ4v) is 3.82. The average Bonchev–Trinajstić information content (AvgIpc) is 3.11. The Hall–Kier alpha value is -2.36. The summed E-state index contributed by atoms with van der Waals surface area (Å²) >= 11 is 13.2. The quantitative estimate of drug-likeness (QED) is 0.666. The summed E-state index contributed by atoms with van der Waals surface area (Å²) in [4.78, 5) is 16.5. The van der Waals surface area contributed by atoms with Gasteiger partial charge in [-0.3, -0.25) is 10.3 Å². The highest BCUT2D eigenvalue weighted by molar-refractivity contribution is 7.20. The molecular formula is C15H14Cl2N6O2S. The molecule has 0 unspecified atom stereocenters. The Labute approximate surface area is 162 Å². The number of ether oxygens (including phenoxy) is 1. The number of nitrogens with one attached hydrogen (secondary N) is 1. The summed E-state index contributed by atoms with van der Waals surface area (Å²) in [6.45, 7) is 1.70. The minimum Gasteiger partial charge on any atom is -0.441 e. The van der Waals surface area contributed by atoms with Crippen LogP contribution in [-0.2, 0) is 11.8 Å². The lowest BCUT2D eigenvalue weighted by molar-refractivity contribution is 0.121. The monoisotopic (exact) mass is 412 g/mol. The number of aromatic nitrogens is 4. The van der Waals surface area contributed by atoms with Gasteiger partial charge in [0, 0.05) is 12.6 Å². The number of anilines is 2. The molecule has 11 heteroatoms. The van der Waals surface area contributed by atoms with Crippen LogP contribution in [0.25, 0.3) is 11.4 Å². The first kappa shape index (κ1) is 18.4. The van der Waals surface area contributed by atoms with Gasteiger partial charge in [-0.2, -0.15) is 0 Å². The number of hydrogen-bond donors (Lipinski definition) is 2. The van der Waals surface area contributed by atoms with Gasteiger partial charge in [0.15, 0.2) is 11.5 Å². The normalized spacial score (nSPS) is 12.0. The number of aryl methyl sites for hydroxylation is 1. The van der Waals surface area contributed by atoms with Gasteiger partial charge in [0.05, 0.1) is 21.9 Å². The summed E-state index contributed by atoms with van der Waals surface area (Å²) in [7, 11) is 1.64. The molecule has 1 amide bonds. The first-order valence-electron chi connectivity index (χ1n) is 7.39. The van der Waals surface area contributed by atoms with E-state index in [1.807, 2.05) is 0 Å². The second-order valence-electron chi connectivity index (χ2n) is 5.34. The molecule has 0 bridgehead atoms. The third kappa shape index (κ3) is 3.90. The van der Waals surface area contributed by atoms with Gasteiger partial charge in [-0.1, -0.05) is 28.4 Å². The predicted molar refractivity (Wildman–Crippen MR) is 102 cm³/mol. The molecular weight excluding hydrogens is 399 g/mol. The second kappa shape index (κ2) is 7.48. The molecule has 8 nitrogen and oxygen atoms in total. The Balaban J connectivity index is 1.76. The first-order valence-corrected chi connectivity index (χ1v) is 8.96. The Morgan fingerprint density at radius 1 is 1.42 bits per heavy atom. The van der Waals surface area contributed by atoms with Crippen molar-refractivity contribution in [3.05, 3.63) is 38.6 Å². The number of nitrogen functional groups attached to an aromatic ring is 1. The lowest BCUT2D eigenvalue weighted by Crippen LogP contribution is -2.18. The van der Waals surface area contributed by atoms with E-state index in [1.165, 1.54) is 22.2 Å². The van der Waals surface area contributed by atoms with Crippen LogP contribution < -0.4 is 11.1 Å². The zero-order chi connectivity index (χ0) is 18.8. The van der Waals surface area contributed by atoms with Crippen LogP contribution in [0.5, 0.6) is 0 Å². The van der Waals surface area contributed by atoms with E-state index in [1.54, 1.807) is 32.2 Å². The third-order valence-corrected chi connectivity index (χ3v) is 5.00. The molecule has 1 atom stereocenters. The Bertz CT molecular complexity index is 940. The van der Waals surface area contributed by atoms with Crippen LogP contribution in [0.3, 0.4) is 0 Å². The topological polar surface area (TPSA) is 108 Å².